The van der Waals surface area contributed by atoms with Crippen LogP contribution < -0.4 is 5.32 Å². The maximum Gasteiger partial charge on any atom is 0.326 e. The fraction of sp³-hybridized carbons (Fsp3) is 0.500. The van der Waals surface area contributed by atoms with Gasteiger partial charge in [-0.15, -0.1) is 0 Å². The number of fused-ring (bicyclic) bond motifs is 1. The fourth-order valence-corrected chi connectivity index (χ4v) is 3.39. The largest absolute Gasteiger partial charge is 0.468 e. The van der Waals surface area contributed by atoms with Crippen LogP contribution in [0.4, 0.5) is 0 Å². The van der Waals surface area contributed by atoms with E-state index in [1.54, 1.807) is 19.1 Å². The summed E-state index contributed by atoms with van der Waals surface area (Å²) < 4.78 is 10.2. The summed E-state index contributed by atoms with van der Waals surface area (Å²) >= 11 is 0. The van der Waals surface area contributed by atoms with Gasteiger partial charge in [-0.3, -0.25) is 24.6 Å². The summed E-state index contributed by atoms with van der Waals surface area (Å²) in [5.41, 5.74) is -1.26. The Bertz CT molecular complexity index is 611. The van der Waals surface area contributed by atoms with Crippen LogP contribution in [0, 0.1) is 11.8 Å². The van der Waals surface area contributed by atoms with Gasteiger partial charge in [0.2, 0.25) is 11.8 Å². The third-order valence-electron chi connectivity index (χ3n) is 4.47. The molecule has 7 heteroatoms. The summed E-state index contributed by atoms with van der Waals surface area (Å²) in [6, 6.07) is 2.88. The van der Waals surface area contributed by atoms with Gasteiger partial charge in [0.05, 0.1) is 31.3 Å². The van der Waals surface area contributed by atoms with Gasteiger partial charge in [-0.2, -0.15) is 0 Å². The van der Waals surface area contributed by atoms with Crippen LogP contribution in [0.3, 0.4) is 0 Å². The molecule has 0 bridgehead atoms. The predicted octanol–water partition coefficient (Wildman–Crippen LogP) is 0.0866. The van der Waals surface area contributed by atoms with Crippen molar-refractivity contribution in [2.75, 3.05) is 14.2 Å². The average Bonchev–Trinajstić information content (AvgIpc) is 3.14. The normalized spacial score (nSPS) is 35.2. The van der Waals surface area contributed by atoms with Crippen molar-refractivity contribution in [3.05, 3.63) is 24.2 Å². The van der Waals surface area contributed by atoms with Crippen LogP contribution in [0.1, 0.15) is 18.7 Å². The van der Waals surface area contributed by atoms with E-state index in [1.165, 1.54) is 20.4 Å². The number of nitrogens with one attached hydrogen (secondary N) is 1. The molecular formula is C14H16N2O5. The average molecular weight is 292 g/mol. The molecule has 2 fully saturated rings. The lowest BCUT2D eigenvalue weighted by Gasteiger charge is -2.27. The Balaban J connectivity index is 2.10. The van der Waals surface area contributed by atoms with Crippen LogP contribution in [-0.4, -0.2) is 42.4 Å². The minimum Gasteiger partial charge on any atom is -0.468 e. The van der Waals surface area contributed by atoms with Crippen LogP contribution in [0.2, 0.25) is 0 Å². The molecule has 1 aromatic heterocycles. The van der Waals surface area contributed by atoms with Crippen molar-refractivity contribution in [3.63, 3.8) is 0 Å². The van der Waals surface area contributed by atoms with Gasteiger partial charge in [-0.25, -0.2) is 0 Å². The summed E-state index contributed by atoms with van der Waals surface area (Å²) in [6.07, 6.45) is 1.49. The molecule has 0 radical (unpaired) electrons. The van der Waals surface area contributed by atoms with Crippen LogP contribution in [0.5, 0.6) is 0 Å². The number of nitrogens with zero attached hydrogens (tertiary/aromatic N) is 1. The van der Waals surface area contributed by atoms with Gasteiger partial charge in [-0.1, -0.05) is 0 Å². The zero-order chi connectivity index (χ0) is 15.4. The second-order valence-electron chi connectivity index (χ2n) is 5.57. The second-order valence-corrected chi connectivity index (χ2v) is 5.57. The number of likely N-dealkylation sites (tertiary alicyclic amines) is 1. The molecule has 4 atom stereocenters. The highest BCUT2D eigenvalue weighted by Gasteiger charge is 2.66. The van der Waals surface area contributed by atoms with Crippen LogP contribution in [0.25, 0.3) is 0 Å². The molecule has 21 heavy (non-hydrogen) atoms. The fourth-order valence-electron chi connectivity index (χ4n) is 3.39. The number of imide groups is 1. The molecule has 0 aromatic carbocycles. The zero-order valence-corrected chi connectivity index (χ0v) is 12.0. The van der Waals surface area contributed by atoms with E-state index in [2.05, 4.69) is 5.32 Å². The lowest BCUT2D eigenvalue weighted by molar-refractivity contribution is -0.152. The van der Waals surface area contributed by atoms with E-state index < -0.39 is 29.4 Å². The number of furan rings is 1. The maximum absolute atomic E-state index is 12.4. The highest BCUT2D eigenvalue weighted by Crippen LogP contribution is 2.48. The van der Waals surface area contributed by atoms with E-state index in [9.17, 15) is 14.4 Å². The third kappa shape index (κ3) is 1.67. The lowest BCUT2D eigenvalue weighted by atomic mass is 9.81. The summed E-state index contributed by atoms with van der Waals surface area (Å²) in [7, 11) is 2.69. The number of carbonyl (C=O) groups is 3. The molecule has 2 saturated heterocycles. The summed E-state index contributed by atoms with van der Waals surface area (Å²) in [6.45, 7) is 1.59. The number of rotatable bonds is 2. The molecule has 0 unspecified atom stereocenters. The summed E-state index contributed by atoms with van der Waals surface area (Å²) in [5, 5.41) is 3.07. The van der Waals surface area contributed by atoms with Crippen molar-refractivity contribution in [1.29, 1.82) is 0 Å². The predicted molar refractivity (Wildman–Crippen MR) is 69.8 cm³/mol. The Kier molecular flexibility index (Phi) is 2.91. The maximum atomic E-state index is 12.4. The first-order valence-corrected chi connectivity index (χ1v) is 6.62. The van der Waals surface area contributed by atoms with Crippen molar-refractivity contribution < 1.29 is 23.5 Å². The minimum absolute atomic E-state index is 0.313. The Labute approximate surface area is 121 Å². The molecule has 1 N–H and O–H groups in total. The highest BCUT2D eigenvalue weighted by atomic mass is 16.5. The Hall–Kier alpha value is -2.15. The molecule has 1 aromatic rings. The van der Waals surface area contributed by atoms with Gasteiger partial charge in [0.1, 0.15) is 11.3 Å². The monoisotopic (exact) mass is 292 g/mol. The zero-order valence-electron chi connectivity index (χ0n) is 12.0. The molecule has 0 saturated carbocycles. The Morgan fingerprint density at radius 1 is 1.43 bits per heavy atom. The van der Waals surface area contributed by atoms with E-state index >= 15 is 0 Å². The van der Waals surface area contributed by atoms with Crippen LogP contribution >= 0.6 is 0 Å². The standard InChI is InChI=1S/C14H16N2O5/c1-14(13(19)20-3)9-8(11(17)16(2)12(9)18)10(15-14)7-5-4-6-21-7/h4-6,8-10,15H,1-3H3/t8-,9+,10-,14-/m1/s1. The molecule has 3 rings (SSSR count). The summed E-state index contributed by atoms with van der Waals surface area (Å²) in [4.78, 5) is 38.0. The quantitative estimate of drug-likeness (QED) is 0.614. The molecule has 2 aliphatic rings. The molecule has 7 nitrogen and oxygen atoms in total. The van der Waals surface area contributed by atoms with E-state index in [0.717, 1.165) is 4.90 Å². The number of esters is 1. The lowest BCUT2D eigenvalue weighted by Crippen LogP contribution is -2.53. The molecule has 112 valence electrons. The van der Waals surface area contributed by atoms with E-state index in [4.69, 9.17) is 9.15 Å². The number of hydrogen-bond donors (Lipinski definition) is 1. The smallest absolute Gasteiger partial charge is 0.326 e. The molecule has 0 aliphatic carbocycles. The molecular weight excluding hydrogens is 276 g/mol. The first-order chi connectivity index (χ1) is 9.91. The van der Waals surface area contributed by atoms with Gasteiger partial charge in [0.15, 0.2) is 0 Å². The Morgan fingerprint density at radius 3 is 2.71 bits per heavy atom. The van der Waals surface area contributed by atoms with Gasteiger partial charge in [-0.05, 0) is 19.1 Å². The van der Waals surface area contributed by atoms with Gasteiger partial charge in [0, 0.05) is 7.05 Å². The van der Waals surface area contributed by atoms with Gasteiger partial charge < -0.3 is 9.15 Å². The second kappa shape index (κ2) is 4.42. The van der Waals surface area contributed by atoms with Crippen LogP contribution in [0.15, 0.2) is 22.8 Å². The minimum atomic E-state index is -1.26. The van der Waals surface area contributed by atoms with Gasteiger partial charge in [0.25, 0.3) is 0 Å². The highest BCUT2D eigenvalue weighted by molar-refractivity contribution is 6.09. The molecule has 0 spiro atoms. The molecule has 2 amide bonds. The first-order valence-electron chi connectivity index (χ1n) is 6.62. The van der Waals surface area contributed by atoms with E-state index in [0.29, 0.717) is 5.76 Å². The number of hydrogen-bond acceptors (Lipinski definition) is 6. The molecule has 3 heterocycles. The number of amides is 2. The van der Waals surface area contributed by atoms with Crippen molar-refractivity contribution in [2.45, 2.75) is 18.5 Å². The van der Waals surface area contributed by atoms with E-state index in [-0.39, 0.29) is 11.8 Å². The SMILES string of the molecule is COC(=O)[C@]1(C)N[C@H](c2ccco2)[C@@H]2C(=O)N(C)C(=O)[C@H]21. The van der Waals surface area contributed by atoms with Crippen LogP contribution in [-0.2, 0) is 19.1 Å². The first kappa shape index (κ1) is 13.8. The number of methoxy groups -OCH3 is 1. The van der Waals surface area contributed by atoms with Crippen molar-refractivity contribution in [3.8, 4) is 0 Å². The van der Waals surface area contributed by atoms with Crippen molar-refractivity contribution in [2.24, 2.45) is 11.8 Å². The third-order valence-corrected chi connectivity index (χ3v) is 4.47. The number of carbonyl (C=O) groups excluding carboxylic acids is 3. The van der Waals surface area contributed by atoms with E-state index in [1.807, 2.05) is 0 Å². The summed E-state index contributed by atoms with van der Waals surface area (Å²) in [5.74, 6) is -2.20. The van der Waals surface area contributed by atoms with Crippen molar-refractivity contribution >= 4 is 17.8 Å². The Morgan fingerprint density at radius 2 is 2.14 bits per heavy atom. The number of ether oxygens (including phenoxy) is 1. The topological polar surface area (TPSA) is 88.8 Å². The van der Waals surface area contributed by atoms with Crippen molar-refractivity contribution in [1.82, 2.24) is 10.2 Å². The molecule has 2 aliphatic heterocycles. The van der Waals surface area contributed by atoms with Gasteiger partial charge >= 0.3 is 5.97 Å².